The predicted octanol–water partition coefficient (Wildman–Crippen LogP) is 7.47. The molecule has 0 amide bonds. The van der Waals surface area contributed by atoms with Crippen LogP contribution in [0.4, 0.5) is 0 Å². The molecule has 0 radical (unpaired) electrons. The van der Waals surface area contributed by atoms with E-state index in [1.807, 2.05) is 103 Å². The molecule has 0 saturated heterocycles. The van der Waals surface area contributed by atoms with Crippen LogP contribution in [0, 0.1) is 0 Å². The molecule has 186 valence electrons. The van der Waals surface area contributed by atoms with Crippen molar-refractivity contribution in [3.63, 3.8) is 0 Å². The van der Waals surface area contributed by atoms with E-state index in [2.05, 4.69) is 0 Å². The number of fused-ring (bicyclic) bond motifs is 20. The first-order chi connectivity index (χ1) is 20.7. The molecule has 7 heteroatoms. The largest absolute Gasteiger partial charge is 0.339 e. The molecule has 0 unspecified atom stereocenters. The van der Waals surface area contributed by atoms with Crippen LogP contribution in [0.2, 0.25) is 2.82 Å². The molecule has 9 rings (SSSR count). The fraction of sp³-hybridized carbons (Fsp3) is 0. The molecule has 8 bridgehead atoms. The van der Waals surface area contributed by atoms with E-state index in [1.54, 1.807) is 0 Å². The number of hydrogen-bond donors (Lipinski definition) is 2. The summed E-state index contributed by atoms with van der Waals surface area (Å²) >= 11 is 0. The average Bonchev–Trinajstić information content (AvgIpc) is 3.71. The monoisotopic (exact) mass is 515 g/mol. The lowest BCUT2D eigenvalue weighted by Gasteiger charge is -1.97. The van der Waals surface area contributed by atoms with Crippen LogP contribution >= 0.6 is 0 Å². The Bertz CT molecular complexity index is 2130. The number of aromatic amines is 2. The molecule has 40 heavy (non-hydrogen) atoms. The Morgan fingerprint density at radius 2 is 0.850 bits per heavy atom. The zero-order valence-corrected chi connectivity index (χ0v) is 20.9. The summed E-state index contributed by atoms with van der Waals surface area (Å²) in [5.74, 6) is 1.43. The minimum absolute atomic E-state index is 0.422. The zero-order chi connectivity index (χ0) is 27.9. The SMILES string of the molecule is [2H]n1c2cc3nc(nc4c5ccccc5c(nc5nc(nc1c1ccccc12)-c1ccccc1-5)n4[2H])-c1ccccc1-3. The number of benzene rings is 4. The number of H-pyrrole nitrogens is 2. The van der Waals surface area contributed by atoms with Gasteiger partial charge >= 0.3 is 0 Å². The minimum atomic E-state index is 0.422. The van der Waals surface area contributed by atoms with Crippen LogP contribution in [0.3, 0.4) is 0 Å². The van der Waals surface area contributed by atoms with Crippen LogP contribution < -0.4 is 0 Å². The first-order valence-electron chi connectivity index (χ1n) is 13.9. The second-order valence-corrected chi connectivity index (χ2v) is 9.82. The number of rotatable bonds is 0. The Kier molecular flexibility index (Phi) is 3.83. The van der Waals surface area contributed by atoms with Gasteiger partial charge in [-0.3, -0.25) is 0 Å². The summed E-state index contributed by atoms with van der Waals surface area (Å²) in [5.41, 5.74) is 6.08. The van der Waals surface area contributed by atoms with Gasteiger partial charge in [-0.2, -0.15) is 0 Å². The first-order valence-corrected chi connectivity index (χ1v) is 13.0. The Balaban J connectivity index is 1.55. The second-order valence-electron chi connectivity index (χ2n) is 9.82. The third kappa shape index (κ3) is 3.03. The van der Waals surface area contributed by atoms with Crippen LogP contribution in [-0.4, -0.2) is 34.9 Å². The summed E-state index contributed by atoms with van der Waals surface area (Å²) in [4.78, 5) is 27.3. The lowest BCUT2D eigenvalue weighted by atomic mass is 10.1. The normalized spacial score (nSPS) is 12.7. The number of nitrogens with zero attached hydrogens (tertiary/aromatic N) is 5. The molecule has 2 aliphatic rings. The van der Waals surface area contributed by atoms with Crippen molar-refractivity contribution in [3.05, 3.63) is 103 Å². The second kappa shape index (κ2) is 7.91. The molecule has 7 aromatic rings. The van der Waals surface area contributed by atoms with Crippen molar-refractivity contribution in [2.24, 2.45) is 0 Å². The van der Waals surface area contributed by atoms with Crippen molar-refractivity contribution in [1.82, 2.24) is 34.9 Å². The summed E-state index contributed by atoms with van der Waals surface area (Å²) < 4.78 is 18.3. The van der Waals surface area contributed by atoms with E-state index in [9.17, 15) is 1.41 Å². The summed E-state index contributed by atoms with van der Waals surface area (Å²) in [6.07, 6.45) is 0. The molecule has 4 aromatic carbocycles. The van der Waals surface area contributed by atoms with Gasteiger partial charge in [-0.05, 0) is 6.07 Å². The standard InChI is InChI=1S/C33H19N7/c1-3-11-20-18(9-1)26-17-27-19-10-2-4-12-21(19)29(35-27)37-31-23-14-6-8-16-25(23)33(39-31)40-32-24-15-7-5-13-22(24)30(38-32)36-28(20)34-26/h1-17H,(H2,34,35,36,37,38,39,40)/i/hD2. The number of aromatic nitrogens is 7. The van der Waals surface area contributed by atoms with Crippen molar-refractivity contribution in [2.75, 3.05) is 0 Å². The molecule has 7 nitrogen and oxygen atoms in total. The minimum Gasteiger partial charge on any atom is -0.339 e. The van der Waals surface area contributed by atoms with Gasteiger partial charge in [-0.25, -0.2) is 24.9 Å². The van der Waals surface area contributed by atoms with Gasteiger partial charge in [0.15, 0.2) is 20.3 Å². The summed E-state index contributed by atoms with van der Waals surface area (Å²) in [6.45, 7) is 0. The molecule has 0 spiro atoms. The highest BCUT2D eigenvalue weighted by molar-refractivity contribution is 6.07. The first kappa shape index (κ1) is 19.4. The van der Waals surface area contributed by atoms with Gasteiger partial charge in [-0.15, -0.1) is 0 Å². The third-order valence-corrected chi connectivity index (χ3v) is 7.49. The van der Waals surface area contributed by atoms with E-state index in [-0.39, 0.29) is 0 Å². The molecule has 0 aliphatic carbocycles. The highest BCUT2D eigenvalue weighted by atomic mass is 15.0. The quantitative estimate of drug-likeness (QED) is 0.218. The molecule has 2 N–H and O–H groups in total. The van der Waals surface area contributed by atoms with Gasteiger partial charge in [0.05, 0.1) is 5.69 Å². The zero-order valence-electron chi connectivity index (χ0n) is 22.9. The van der Waals surface area contributed by atoms with E-state index < -0.39 is 0 Å². The van der Waals surface area contributed by atoms with Crippen LogP contribution in [0.15, 0.2) is 103 Å². The van der Waals surface area contributed by atoms with E-state index in [0.717, 1.165) is 43.8 Å². The van der Waals surface area contributed by atoms with Gasteiger partial charge in [-0.1, -0.05) is 97.1 Å². The topological polar surface area (TPSA) is 96.0 Å². The maximum atomic E-state index is 9.18. The maximum Gasteiger partial charge on any atom is 0.170 e. The summed E-state index contributed by atoms with van der Waals surface area (Å²) in [6, 6.07) is 33.2. The molecule has 0 fully saturated rings. The van der Waals surface area contributed by atoms with Crippen molar-refractivity contribution in [3.8, 4) is 45.4 Å². The Morgan fingerprint density at radius 3 is 1.45 bits per heavy atom. The highest BCUT2D eigenvalue weighted by Gasteiger charge is 2.21. The Hall–Kier alpha value is -5.69. The molecule has 3 aromatic heterocycles. The van der Waals surface area contributed by atoms with Gasteiger partial charge in [0.2, 0.25) is 0 Å². The predicted molar refractivity (Wildman–Crippen MR) is 158 cm³/mol. The molecular weight excluding hydrogens is 494 g/mol. The van der Waals surface area contributed by atoms with E-state index in [4.69, 9.17) is 26.3 Å². The average molecular weight is 516 g/mol. The number of nitrogens with one attached hydrogen (secondary N) is 2. The van der Waals surface area contributed by atoms with Crippen LogP contribution in [0.5, 0.6) is 0 Å². The highest BCUT2D eigenvalue weighted by Crippen LogP contribution is 2.37. The van der Waals surface area contributed by atoms with Gasteiger partial charge in [0.25, 0.3) is 0 Å². The Labute approximate surface area is 230 Å². The van der Waals surface area contributed by atoms with E-state index in [0.29, 0.717) is 45.6 Å². The fourth-order valence-corrected chi connectivity index (χ4v) is 5.62. The van der Waals surface area contributed by atoms with Gasteiger partial charge in [0, 0.05) is 49.3 Å². The lowest BCUT2D eigenvalue weighted by Crippen LogP contribution is -1.82. The van der Waals surface area contributed by atoms with Crippen molar-refractivity contribution >= 4 is 44.0 Å². The number of hydrogen-bond acceptors (Lipinski definition) is 5. The van der Waals surface area contributed by atoms with Crippen molar-refractivity contribution in [2.45, 2.75) is 0 Å². The van der Waals surface area contributed by atoms with Crippen LogP contribution in [0.1, 0.15) is 0 Å². The van der Waals surface area contributed by atoms with E-state index in [1.165, 1.54) is 9.95 Å². The summed E-state index contributed by atoms with van der Waals surface area (Å²) in [7, 11) is 0. The third-order valence-electron chi connectivity index (χ3n) is 7.49. The van der Waals surface area contributed by atoms with Crippen molar-refractivity contribution < 1.29 is 2.82 Å². The molecule has 2 aliphatic heterocycles. The smallest absolute Gasteiger partial charge is 0.170 e. The van der Waals surface area contributed by atoms with E-state index >= 15 is 0 Å². The molecule has 0 atom stereocenters. The molecule has 5 heterocycles. The maximum absolute atomic E-state index is 9.18. The molecule has 0 saturated carbocycles. The fourth-order valence-electron chi connectivity index (χ4n) is 5.62. The van der Waals surface area contributed by atoms with Crippen LogP contribution in [-0.2, 0) is 0 Å². The van der Waals surface area contributed by atoms with Crippen molar-refractivity contribution in [1.29, 1.82) is 0 Å². The van der Waals surface area contributed by atoms with Gasteiger partial charge < -0.3 is 9.95 Å². The summed E-state index contributed by atoms with van der Waals surface area (Å²) in [5, 5.41) is 3.31. The Morgan fingerprint density at radius 1 is 0.425 bits per heavy atom. The van der Waals surface area contributed by atoms with Gasteiger partial charge in [0.1, 0.15) is 16.9 Å². The molecular formula is C33H19N7. The lowest BCUT2D eigenvalue weighted by molar-refractivity contribution is 1.21. The van der Waals surface area contributed by atoms with Crippen LogP contribution in [0.25, 0.3) is 89.4 Å².